The van der Waals surface area contributed by atoms with Crippen molar-refractivity contribution in [3.8, 4) is 5.75 Å². The predicted octanol–water partition coefficient (Wildman–Crippen LogP) is 1.02. The fourth-order valence-corrected chi connectivity index (χ4v) is 2.32. The zero-order valence-electron chi connectivity index (χ0n) is 10.3. The molecule has 2 aromatic carbocycles. The van der Waals surface area contributed by atoms with Crippen LogP contribution < -0.4 is 10.3 Å². The number of phenols is 1. The van der Waals surface area contributed by atoms with E-state index in [0.29, 0.717) is 0 Å². The standard InChI is InChI=1S/C13H12N2O4S/c16-11-8-6-10(7-9-11)13(17)14-15-20(18,19)12-4-2-1-3-5-12/h1-9,15-16H,(H,14,17). The number of amides is 1. The lowest BCUT2D eigenvalue weighted by atomic mass is 10.2. The van der Waals surface area contributed by atoms with Gasteiger partial charge in [0.25, 0.3) is 15.9 Å². The number of carbonyl (C=O) groups is 1. The van der Waals surface area contributed by atoms with Gasteiger partial charge >= 0.3 is 0 Å². The van der Waals surface area contributed by atoms with Gasteiger partial charge in [0, 0.05) is 5.56 Å². The van der Waals surface area contributed by atoms with Crippen molar-refractivity contribution in [2.75, 3.05) is 0 Å². The molecule has 0 bridgehead atoms. The maximum atomic E-state index is 11.9. The summed E-state index contributed by atoms with van der Waals surface area (Å²) in [6.07, 6.45) is 0. The van der Waals surface area contributed by atoms with Gasteiger partial charge < -0.3 is 5.11 Å². The summed E-state index contributed by atoms with van der Waals surface area (Å²) in [4.78, 5) is 13.8. The minimum absolute atomic E-state index is 0.0198. The molecule has 0 aliphatic rings. The Morgan fingerprint density at radius 2 is 1.55 bits per heavy atom. The third-order valence-electron chi connectivity index (χ3n) is 2.48. The number of aromatic hydroxyl groups is 1. The van der Waals surface area contributed by atoms with E-state index in [9.17, 15) is 13.2 Å². The van der Waals surface area contributed by atoms with Gasteiger partial charge in [-0.25, -0.2) is 8.42 Å². The Morgan fingerprint density at radius 3 is 2.15 bits per heavy atom. The summed E-state index contributed by atoms with van der Waals surface area (Å²) < 4.78 is 23.7. The third kappa shape index (κ3) is 3.34. The summed E-state index contributed by atoms with van der Waals surface area (Å²) in [6.45, 7) is 0. The van der Waals surface area contributed by atoms with Crippen LogP contribution in [0.4, 0.5) is 0 Å². The Morgan fingerprint density at radius 1 is 0.950 bits per heavy atom. The van der Waals surface area contributed by atoms with Gasteiger partial charge in [-0.1, -0.05) is 18.2 Å². The first-order chi connectivity index (χ1) is 9.49. The van der Waals surface area contributed by atoms with Crippen LogP contribution in [0.15, 0.2) is 59.5 Å². The molecule has 0 saturated heterocycles. The second-order valence-electron chi connectivity index (χ2n) is 3.92. The van der Waals surface area contributed by atoms with Crippen LogP contribution in [0.3, 0.4) is 0 Å². The Hall–Kier alpha value is -2.38. The lowest BCUT2D eigenvalue weighted by Gasteiger charge is -2.08. The van der Waals surface area contributed by atoms with E-state index in [1.165, 1.54) is 36.4 Å². The van der Waals surface area contributed by atoms with Crippen molar-refractivity contribution in [1.82, 2.24) is 10.3 Å². The van der Waals surface area contributed by atoms with E-state index in [-0.39, 0.29) is 16.2 Å². The molecule has 0 radical (unpaired) electrons. The van der Waals surface area contributed by atoms with E-state index in [1.807, 2.05) is 4.83 Å². The molecule has 0 spiro atoms. The largest absolute Gasteiger partial charge is 0.508 e. The average Bonchev–Trinajstić information content (AvgIpc) is 2.46. The van der Waals surface area contributed by atoms with E-state index in [2.05, 4.69) is 5.43 Å². The number of phenolic OH excluding ortho intramolecular Hbond substituents is 1. The lowest BCUT2D eigenvalue weighted by Crippen LogP contribution is -2.41. The molecule has 6 nitrogen and oxygen atoms in total. The fourth-order valence-electron chi connectivity index (χ4n) is 1.46. The molecule has 0 heterocycles. The van der Waals surface area contributed by atoms with Gasteiger partial charge in [-0.3, -0.25) is 10.2 Å². The molecule has 0 saturated carbocycles. The van der Waals surface area contributed by atoms with E-state index in [0.717, 1.165) is 0 Å². The first kappa shape index (κ1) is 14.0. The van der Waals surface area contributed by atoms with Crippen molar-refractivity contribution in [1.29, 1.82) is 0 Å². The van der Waals surface area contributed by atoms with E-state index in [1.54, 1.807) is 18.2 Å². The lowest BCUT2D eigenvalue weighted by molar-refractivity contribution is 0.0945. The van der Waals surface area contributed by atoms with Crippen LogP contribution in [-0.2, 0) is 10.0 Å². The monoisotopic (exact) mass is 292 g/mol. The molecule has 104 valence electrons. The predicted molar refractivity (Wildman–Crippen MR) is 72.3 cm³/mol. The van der Waals surface area contributed by atoms with Crippen LogP contribution >= 0.6 is 0 Å². The number of hydrogen-bond donors (Lipinski definition) is 3. The fraction of sp³-hybridized carbons (Fsp3) is 0. The molecule has 3 N–H and O–H groups in total. The molecular weight excluding hydrogens is 280 g/mol. The molecule has 2 rings (SSSR count). The summed E-state index contributed by atoms with van der Waals surface area (Å²) in [5.74, 6) is -0.601. The first-order valence-corrected chi connectivity index (χ1v) is 7.13. The van der Waals surface area contributed by atoms with Gasteiger partial charge in [-0.2, -0.15) is 0 Å². The van der Waals surface area contributed by atoms with Gasteiger partial charge in [0.2, 0.25) is 0 Å². The molecule has 0 aliphatic heterocycles. The van der Waals surface area contributed by atoms with E-state index in [4.69, 9.17) is 5.11 Å². The summed E-state index contributed by atoms with van der Waals surface area (Å²) in [6, 6.07) is 13.1. The van der Waals surface area contributed by atoms with Crippen molar-refractivity contribution in [2.45, 2.75) is 4.90 Å². The van der Waals surface area contributed by atoms with E-state index < -0.39 is 15.9 Å². The normalized spacial score (nSPS) is 11.0. The zero-order valence-corrected chi connectivity index (χ0v) is 11.1. The van der Waals surface area contributed by atoms with Crippen LogP contribution in [-0.4, -0.2) is 19.4 Å². The highest BCUT2D eigenvalue weighted by Gasteiger charge is 2.14. The Bertz CT molecular complexity index is 697. The number of sulfonamides is 1. The second kappa shape index (κ2) is 5.72. The van der Waals surface area contributed by atoms with Crippen LogP contribution in [0, 0.1) is 0 Å². The van der Waals surface area contributed by atoms with Gasteiger partial charge in [0.15, 0.2) is 0 Å². The Labute approximate surface area is 116 Å². The molecule has 0 aliphatic carbocycles. The summed E-state index contributed by atoms with van der Waals surface area (Å²) in [5.41, 5.74) is 2.32. The number of carbonyl (C=O) groups excluding carboxylic acids is 1. The molecule has 0 fully saturated rings. The molecule has 1 amide bonds. The van der Waals surface area contributed by atoms with Crippen molar-refractivity contribution in [3.05, 3.63) is 60.2 Å². The number of benzene rings is 2. The Balaban J connectivity index is 2.05. The molecule has 7 heteroatoms. The van der Waals surface area contributed by atoms with E-state index >= 15 is 0 Å². The van der Waals surface area contributed by atoms with Crippen LogP contribution in [0.2, 0.25) is 0 Å². The first-order valence-electron chi connectivity index (χ1n) is 5.65. The third-order valence-corrected chi connectivity index (χ3v) is 3.75. The van der Waals surface area contributed by atoms with Crippen molar-refractivity contribution < 1.29 is 18.3 Å². The minimum atomic E-state index is -3.80. The highest BCUT2D eigenvalue weighted by atomic mass is 32.2. The quantitative estimate of drug-likeness (QED) is 0.733. The Kier molecular flexibility index (Phi) is 4.02. The smallest absolute Gasteiger partial charge is 0.266 e. The van der Waals surface area contributed by atoms with Crippen LogP contribution in [0.1, 0.15) is 10.4 Å². The number of rotatable bonds is 4. The molecule has 20 heavy (non-hydrogen) atoms. The maximum absolute atomic E-state index is 11.9. The average molecular weight is 292 g/mol. The number of nitrogens with one attached hydrogen (secondary N) is 2. The highest BCUT2D eigenvalue weighted by Crippen LogP contribution is 2.09. The molecule has 0 unspecified atom stereocenters. The highest BCUT2D eigenvalue weighted by molar-refractivity contribution is 7.89. The summed E-state index contributed by atoms with van der Waals surface area (Å²) >= 11 is 0. The minimum Gasteiger partial charge on any atom is -0.508 e. The van der Waals surface area contributed by atoms with Crippen molar-refractivity contribution in [2.24, 2.45) is 0 Å². The topological polar surface area (TPSA) is 95.5 Å². The zero-order chi connectivity index (χ0) is 14.6. The van der Waals surface area contributed by atoms with Gasteiger partial charge in [0.05, 0.1) is 4.90 Å². The van der Waals surface area contributed by atoms with Gasteiger partial charge in [0.1, 0.15) is 5.75 Å². The van der Waals surface area contributed by atoms with Gasteiger partial charge in [-0.05, 0) is 36.4 Å². The summed E-state index contributed by atoms with van der Waals surface area (Å²) in [7, 11) is -3.80. The van der Waals surface area contributed by atoms with Gasteiger partial charge in [-0.15, -0.1) is 4.83 Å². The second-order valence-corrected chi connectivity index (χ2v) is 5.60. The summed E-state index contributed by atoms with van der Waals surface area (Å²) in [5, 5.41) is 9.10. The van der Waals surface area contributed by atoms with Crippen molar-refractivity contribution in [3.63, 3.8) is 0 Å². The molecule has 2 aromatic rings. The number of hydrazine groups is 1. The van der Waals surface area contributed by atoms with Crippen molar-refractivity contribution >= 4 is 15.9 Å². The van der Waals surface area contributed by atoms with Crippen LogP contribution in [0.25, 0.3) is 0 Å². The molecular formula is C13H12N2O4S. The SMILES string of the molecule is O=C(NNS(=O)(=O)c1ccccc1)c1ccc(O)cc1. The molecule has 0 aromatic heterocycles. The number of hydrogen-bond acceptors (Lipinski definition) is 4. The maximum Gasteiger partial charge on any atom is 0.266 e. The van der Waals surface area contributed by atoms with Crippen LogP contribution in [0.5, 0.6) is 5.75 Å². The molecule has 0 atom stereocenters.